The first-order chi connectivity index (χ1) is 7.58. The maximum absolute atomic E-state index is 4.63. The second kappa shape index (κ2) is 6.36. The molecule has 1 aromatic rings. The van der Waals surface area contributed by atoms with Crippen molar-refractivity contribution in [3.8, 4) is 0 Å². The first kappa shape index (κ1) is 13.7. The van der Waals surface area contributed by atoms with Crippen molar-refractivity contribution in [2.45, 2.75) is 53.5 Å². The number of aromatic nitrogens is 1. The highest BCUT2D eigenvalue weighted by atomic mass is 32.1. The summed E-state index contributed by atoms with van der Waals surface area (Å²) in [6.45, 7) is 12.0. The Morgan fingerprint density at radius 1 is 1.31 bits per heavy atom. The van der Waals surface area contributed by atoms with Crippen molar-refractivity contribution < 1.29 is 0 Å². The van der Waals surface area contributed by atoms with Gasteiger partial charge in [0.15, 0.2) is 0 Å². The topological polar surface area (TPSA) is 24.9 Å². The fourth-order valence-electron chi connectivity index (χ4n) is 2.01. The second-order valence-electron chi connectivity index (χ2n) is 4.47. The monoisotopic (exact) mass is 240 g/mol. The first-order valence-electron chi connectivity index (χ1n) is 6.24. The molecule has 0 radical (unpaired) electrons. The highest BCUT2D eigenvalue weighted by Gasteiger charge is 2.17. The number of thiazole rings is 1. The molecule has 0 aliphatic heterocycles. The lowest BCUT2D eigenvalue weighted by molar-refractivity contribution is 0.367. The number of hydrogen-bond donors (Lipinski definition) is 1. The summed E-state index contributed by atoms with van der Waals surface area (Å²) in [6, 6.07) is 0.583. The van der Waals surface area contributed by atoms with E-state index in [-0.39, 0.29) is 0 Å². The summed E-state index contributed by atoms with van der Waals surface area (Å²) in [4.78, 5) is 5.99. The van der Waals surface area contributed by atoms with Gasteiger partial charge in [-0.15, -0.1) is 11.3 Å². The van der Waals surface area contributed by atoms with E-state index in [1.165, 1.54) is 22.0 Å². The fraction of sp³-hybridized carbons (Fsp3) is 0.769. The van der Waals surface area contributed by atoms with Gasteiger partial charge in [0.05, 0.1) is 10.7 Å². The Morgan fingerprint density at radius 3 is 2.44 bits per heavy atom. The van der Waals surface area contributed by atoms with E-state index in [1.54, 1.807) is 0 Å². The Labute approximate surface area is 103 Å². The van der Waals surface area contributed by atoms with Gasteiger partial charge in [-0.3, -0.25) is 0 Å². The molecule has 92 valence electrons. The van der Waals surface area contributed by atoms with Crippen LogP contribution in [0.5, 0.6) is 0 Å². The van der Waals surface area contributed by atoms with Crippen LogP contribution >= 0.6 is 11.3 Å². The van der Waals surface area contributed by atoms with E-state index < -0.39 is 0 Å². The summed E-state index contributed by atoms with van der Waals surface area (Å²) in [6.07, 6.45) is 2.33. The van der Waals surface area contributed by atoms with Crippen LogP contribution in [0, 0.1) is 19.8 Å². The van der Waals surface area contributed by atoms with Crippen LogP contribution in [-0.2, 0) is 6.42 Å². The van der Waals surface area contributed by atoms with Crippen LogP contribution in [0.15, 0.2) is 0 Å². The minimum atomic E-state index is 0.583. The molecule has 0 bridgehead atoms. The van der Waals surface area contributed by atoms with Gasteiger partial charge in [-0.2, -0.15) is 0 Å². The molecular formula is C13H24N2S. The van der Waals surface area contributed by atoms with Crippen molar-refractivity contribution in [2.75, 3.05) is 6.54 Å². The second-order valence-corrected chi connectivity index (χ2v) is 5.76. The Morgan fingerprint density at radius 2 is 2.00 bits per heavy atom. The lowest BCUT2D eigenvalue weighted by atomic mass is 9.95. The molecule has 1 aromatic heterocycles. The van der Waals surface area contributed by atoms with Crippen molar-refractivity contribution in [1.29, 1.82) is 0 Å². The number of rotatable bonds is 6. The third kappa shape index (κ3) is 3.56. The molecule has 16 heavy (non-hydrogen) atoms. The average Bonchev–Trinajstić information content (AvgIpc) is 2.55. The van der Waals surface area contributed by atoms with Gasteiger partial charge in [0.1, 0.15) is 0 Å². The molecule has 0 aliphatic carbocycles. The zero-order chi connectivity index (χ0) is 12.1. The lowest BCUT2D eigenvalue weighted by Gasteiger charge is -2.22. The quantitative estimate of drug-likeness (QED) is 0.825. The van der Waals surface area contributed by atoms with Crippen LogP contribution < -0.4 is 5.32 Å². The highest BCUT2D eigenvalue weighted by Crippen LogP contribution is 2.22. The van der Waals surface area contributed by atoms with Gasteiger partial charge in [0, 0.05) is 17.3 Å². The number of nitrogens with zero attached hydrogens (tertiary/aromatic N) is 1. The third-order valence-corrected chi connectivity index (χ3v) is 4.36. The Kier molecular flexibility index (Phi) is 5.42. The largest absolute Gasteiger partial charge is 0.314 e. The molecule has 0 spiro atoms. The molecule has 0 saturated heterocycles. The molecule has 0 amide bonds. The molecule has 0 aliphatic rings. The van der Waals surface area contributed by atoms with Gasteiger partial charge < -0.3 is 5.32 Å². The zero-order valence-electron chi connectivity index (χ0n) is 11.1. The molecule has 2 atom stereocenters. The van der Waals surface area contributed by atoms with E-state index in [1.807, 2.05) is 11.3 Å². The molecule has 2 unspecified atom stereocenters. The normalized spacial score (nSPS) is 15.1. The Hall–Kier alpha value is -0.410. The van der Waals surface area contributed by atoms with Crippen LogP contribution in [0.25, 0.3) is 0 Å². The molecule has 0 aromatic carbocycles. The molecule has 1 rings (SSSR count). The Balaban J connectivity index is 2.62. The molecular weight excluding hydrogens is 216 g/mol. The van der Waals surface area contributed by atoms with Crippen LogP contribution in [-0.4, -0.2) is 17.6 Å². The van der Waals surface area contributed by atoms with Crippen LogP contribution in [0.3, 0.4) is 0 Å². The standard InChI is InChI=1S/C13H24N2S/c1-6-12(10(4)14-7-2)8-13-15-9(3)11(5)16-13/h10,12,14H,6-8H2,1-5H3. The smallest absolute Gasteiger partial charge is 0.0934 e. The van der Waals surface area contributed by atoms with Gasteiger partial charge in [0.25, 0.3) is 0 Å². The molecule has 3 heteroatoms. The summed E-state index contributed by atoms with van der Waals surface area (Å²) in [5, 5.41) is 4.81. The third-order valence-electron chi connectivity index (χ3n) is 3.27. The summed E-state index contributed by atoms with van der Waals surface area (Å²) in [7, 11) is 0. The highest BCUT2D eigenvalue weighted by molar-refractivity contribution is 7.11. The number of aryl methyl sites for hydroxylation is 2. The minimum absolute atomic E-state index is 0.583. The molecule has 1 N–H and O–H groups in total. The van der Waals surface area contributed by atoms with Gasteiger partial charge in [0.2, 0.25) is 0 Å². The molecule has 2 nitrogen and oxygen atoms in total. The fourth-order valence-corrected chi connectivity index (χ4v) is 3.04. The van der Waals surface area contributed by atoms with Gasteiger partial charge in [-0.1, -0.05) is 20.3 Å². The van der Waals surface area contributed by atoms with Crippen molar-refractivity contribution in [2.24, 2.45) is 5.92 Å². The van der Waals surface area contributed by atoms with Crippen molar-refractivity contribution >= 4 is 11.3 Å². The van der Waals surface area contributed by atoms with Crippen LogP contribution in [0.1, 0.15) is 42.8 Å². The number of nitrogens with one attached hydrogen (secondary N) is 1. The van der Waals surface area contributed by atoms with Crippen molar-refractivity contribution in [3.05, 3.63) is 15.6 Å². The maximum Gasteiger partial charge on any atom is 0.0934 e. The van der Waals surface area contributed by atoms with E-state index in [9.17, 15) is 0 Å². The van der Waals surface area contributed by atoms with E-state index >= 15 is 0 Å². The van der Waals surface area contributed by atoms with E-state index in [4.69, 9.17) is 0 Å². The van der Waals surface area contributed by atoms with Crippen LogP contribution in [0.4, 0.5) is 0 Å². The predicted octanol–water partition coefficient (Wildman–Crippen LogP) is 3.33. The average molecular weight is 240 g/mol. The summed E-state index contributed by atoms with van der Waals surface area (Å²) < 4.78 is 0. The maximum atomic E-state index is 4.63. The predicted molar refractivity (Wildman–Crippen MR) is 72.2 cm³/mol. The molecule has 1 heterocycles. The van der Waals surface area contributed by atoms with E-state index in [0.717, 1.165) is 13.0 Å². The molecule has 0 saturated carbocycles. The zero-order valence-corrected chi connectivity index (χ0v) is 11.9. The molecule has 0 fully saturated rings. The lowest BCUT2D eigenvalue weighted by Crippen LogP contribution is -2.34. The first-order valence-corrected chi connectivity index (χ1v) is 7.06. The number of hydrogen-bond acceptors (Lipinski definition) is 3. The summed E-state index contributed by atoms with van der Waals surface area (Å²) in [5.41, 5.74) is 1.20. The minimum Gasteiger partial charge on any atom is -0.314 e. The van der Waals surface area contributed by atoms with Gasteiger partial charge in [-0.05, 0) is 33.2 Å². The SMILES string of the molecule is CCNC(C)C(CC)Cc1nc(C)c(C)s1. The summed E-state index contributed by atoms with van der Waals surface area (Å²) >= 11 is 1.85. The Bertz CT molecular complexity index is 300. The summed E-state index contributed by atoms with van der Waals surface area (Å²) in [5.74, 6) is 0.699. The van der Waals surface area contributed by atoms with Gasteiger partial charge in [-0.25, -0.2) is 4.98 Å². The van der Waals surface area contributed by atoms with E-state index in [2.05, 4.69) is 44.9 Å². The van der Waals surface area contributed by atoms with Gasteiger partial charge >= 0.3 is 0 Å². The van der Waals surface area contributed by atoms with Crippen molar-refractivity contribution in [3.63, 3.8) is 0 Å². The van der Waals surface area contributed by atoms with E-state index in [0.29, 0.717) is 12.0 Å². The van der Waals surface area contributed by atoms with Crippen molar-refractivity contribution in [1.82, 2.24) is 10.3 Å². The van der Waals surface area contributed by atoms with Crippen LogP contribution in [0.2, 0.25) is 0 Å².